The Bertz CT molecular complexity index is 1170. The molecule has 0 aliphatic carbocycles. The minimum Gasteiger partial charge on any atom is -0.486 e. The maximum atomic E-state index is 12.4. The molecule has 0 saturated carbocycles. The average molecular weight is 512 g/mol. The molecule has 0 radical (unpaired) electrons. The number of piperidine rings is 1. The molecule has 0 spiro atoms. The fraction of sp³-hybridized carbons (Fsp3) is 0.517. The highest BCUT2D eigenvalue weighted by Gasteiger charge is 2.25. The second-order valence-corrected chi connectivity index (χ2v) is 10.9. The maximum Gasteiger partial charge on any atom is 0.409 e. The van der Waals surface area contributed by atoms with E-state index in [4.69, 9.17) is 26.1 Å². The normalized spacial score (nSPS) is 16.1. The molecule has 1 saturated heterocycles. The molecule has 1 N–H and O–H groups in total. The molecule has 1 amide bonds. The van der Waals surface area contributed by atoms with Gasteiger partial charge in [-0.3, -0.25) is 0 Å². The number of carbonyl (C=O) groups excluding carboxylic acids is 1. The van der Waals surface area contributed by atoms with Gasteiger partial charge in [-0.15, -0.1) is 0 Å². The van der Waals surface area contributed by atoms with Crippen molar-refractivity contribution in [2.75, 3.05) is 19.7 Å². The molecule has 2 aromatic carbocycles. The quantitative estimate of drug-likeness (QED) is 0.329. The highest BCUT2D eigenvalue weighted by atomic mass is 35.5. The molecule has 1 aliphatic rings. The van der Waals surface area contributed by atoms with Crippen molar-refractivity contribution in [2.45, 2.75) is 66.4 Å². The number of nitrogens with zero attached hydrogens (tertiary/aromatic N) is 2. The Morgan fingerprint density at radius 1 is 1.25 bits per heavy atom. The molecule has 36 heavy (non-hydrogen) atoms. The van der Waals surface area contributed by atoms with Crippen molar-refractivity contribution in [3.8, 4) is 5.75 Å². The SMILES string of the molecule is Cc1cc2[nH]c(COc3ccc(Cl)cc3)nc2c(CCCC2CCCN(C(=O)OCC(C)C)C2)c1C. The zero-order valence-corrected chi connectivity index (χ0v) is 22.7. The highest BCUT2D eigenvalue weighted by Crippen LogP contribution is 2.28. The van der Waals surface area contributed by atoms with Gasteiger partial charge in [0.05, 0.1) is 17.6 Å². The number of aryl methyl sites for hydroxylation is 2. The molecule has 7 heteroatoms. The number of hydrogen-bond acceptors (Lipinski definition) is 4. The topological polar surface area (TPSA) is 67.5 Å². The molecular weight excluding hydrogens is 474 g/mol. The van der Waals surface area contributed by atoms with Crippen molar-refractivity contribution in [2.24, 2.45) is 11.8 Å². The summed E-state index contributed by atoms with van der Waals surface area (Å²) in [5, 5.41) is 0.689. The van der Waals surface area contributed by atoms with Crippen molar-refractivity contribution in [3.05, 3.63) is 57.9 Å². The van der Waals surface area contributed by atoms with Gasteiger partial charge < -0.3 is 19.4 Å². The molecule has 0 bridgehead atoms. The van der Waals surface area contributed by atoms with Crippen LogP contribution in [-0.4, -0.2) is 40.7 Å². The number of likely N-dealkylation sites (tertiary alicyclic amines) is 1. The number of H-pyrrole nitrogens is 1. The van der Waals surface area contributed by atoms with E-state index in [9.17, 15) is 4.79 Å². The molecular formula is C29H38ClN3O3. The zero-order valence-electron chi connectivity index (χ0n) is 21.9. The first-order valence-electron chi connectivity index (χ1n) is 13.1. The van der Waals surface area contributed by atoms with Crippen LogP contribution in [0.25, 0.3) is 11.0 Å². The number of nitrogens with one attached hydrogen (secondary N) is 1. The summed E-state index contributed by atoms with van der Waals surface area (Å²) in [4.78, 5) is 22.7. The van der Waals surface area contributed by atoms with Crippen LogP contribution in [0.5, 0.6) is 5.75 Å². The number of ether oxygens (including phenoxy) is 2. The van der Waals surface area contributed by atoms with E-state index in [1.54, 1.807) is 0 Å². The monoisotopic (exact) mass is 511 g/mol. The van der Waals surface area contributed by atoms with Crippen LogP contribution in [0.1, 0.15) is 62.0 Å². The summed E-state index contributed by atoms with van der Waals surface area (Å²) >= 11 is 5.97. The van der Waals surface area contributed by atoms with Gasteiger partial charge >= 0.3 is 6.09 Å². The lowest BCUT2D eigenvalue weighted by molar-refractivity contribution is 0.0747. The summed E-state index contributed by atoms with van der Waals surface area (Å²) < 4.78 is 11.4. The molecule has 1 unspecified atom stereocenters. The number of aromatic amines is 1. The first kappa shape index (κ1) is 26.3. The van der Waals surface area contributed by atoms with Crippen molar-refractivity contribution in [3.63, 3.8) is 0 Å². The molecule has 3 aromatic rings. The van der Waals surface area contributed by atoms with Crippen LogP contribution in [0.2, 0.25) is 5.02 Å². The summed E-state index contributed by atoms with van der Waals surface area (Å²) in [5.41, 5.74) is 5.97. The lowest BCUT2D eigenvalue weighted by Gasteiger charge is -2.32. The number of carbonyl (C=O) groups is 1. The first-order valence-corrected chi connectivity index (χ1v) is 13.5. The minimum absolute atomic E-state index is 0.158. The predicted molar refractivity (Wildman–Crippen MR) is 145 cm³/mol. The number of imidazole rings is 1. The van der Waals surface area contributed by atoms with Gasteiger partial charge in [0, 0.05) is 18.1 Å². The number of rotatable bonds is 9. The standard InChI is InChI=1S/C29H38ClN3O3/c1-19(2)17-36-29(34)33-14-6-8-22(16-33)7-5-9-25-21(4)20(3)15-26-28(25)32-27(31-26)18-35-24-12-10-23(30)11-13-24/h10-13,15,19,22H,5-9,14,16-18H2,1-4H3,(H,31,32). The molecule has 1 aromatic heterocycles. The van der Waals surface area contributed by atoms with E-state index in [1.165, 1.54) is 23.1 Å². The number of halogens is 1. The van der Waals surface area contributed by atoms with Gasteiger partial charge in [0.2, 0.25) is 0 Å². The summed E-state index contributed by atoms with van der Waals surface area (Å²) in [7, 11) is 0. The van der Waals surface area contributed by atoms with Crippen LogP contribution in [-0.2, 0) is 17.8 Å². The third-order valence-electron chi connectivity index (χ3n) is 7.02. The van der Waals surface area contributed by atoms with E-state index < -0.39 is 0 Å². The molecule has 194 valence electrons. The van der Waals surface area contributed by atoms with Crippen LogP contribution in [0, 0.1) is 25.7 Å². The van der Waals surface area contributed by atoms with E-state index >= 15 is 0 Å². The number of amides is 1. The Balaban J connectivity index is 1.37. The lowest BCUT2D eigenvalue weighted by Crippen LogP contribution is -2.40. The second kappa shape index (κ2) is 12.0. The van der Waals surface area contributed by atoms with E-state index in [0.29, 0.717) is 30.1 Å². The summed E-state index contributed by atoms with van der Waals surface area (Å²) in [6.45, 7) is 10.9. The van der Waals surface area contributed by atoms with Gasteiger partial charge in [-0.1, -0.05) is 25.4 Å². The van der Waals surface area contributed by atoms with Crippen LogP contribution < -0.4 is 4.74 Å². The van der Waals surface area contributed by atoms with Gasteiger partial charge in [0.25, 0.3) is 0 Å². The average Bonchev–Trinajstić information content (AvgIpc) is 3.27. The Hall–Kier alpha value is -2.73. The summed E-state index contributed by atoms with van der Waals surface area (Å²) in [6, 6.07) is 9.54. The van der Waals surface area contributed by atoms with Crippen molar-refractivity contribution in [1.82, 2.24) is 14.9 Å². The van der Waals surface area contributed by atoms with Gasteiger partial charge in [-0.25, -0.2) is 9.78 Å². The van der Waals surface area contributed by atoms with E-state index in [-0.39, 0.29) is 6.09 Å². The minimum atomic E-state index is -0.158. The van der Waals surface area contributed by atoms with Gasteiger partial charge in [0.15, 0.2) is 0 Å². The van der Waals surface area contributed by atoms with Crippen molar-refractivity contribution in [1.29, 1.82) is 0 Å². The van der Waals surface area contributed by atoms with E-state index in [1.807, 2.05) is 29.2 Å². The van der Waals surface area contributed by atoms with E-state index in [2.05, 4.69) is 38.7 Å². The summed E-state index contributed by atoms with van der Waals surface area (Å²) in [5.74, 6) is 2.46. The van der Waals surface area contributed by atoms with Crippen LogP contribution in [0.15, 0.2) is 30.3 Å². The van der Waals surface area contributed by atoms with Crippen molar-refractivity contribution < 1.29 is 14.3 Å². The molecule has 4 rings (SSSR count). The Kier molecular flexibility index (Phi) is 8.78. The first-order chi connectivity index (χ1) is 17.3. The van der Waals surface area contributed by atoms with Gasteiger partial charge in [-0.05, 0) is 105 Å². The van der Waals surface area contributed by atoms with Crippen LogP contribution >= 0.6 is 11.6 Å². The second-order valence-electron chi connectivity index (χ2n) is 10.4. The Morgan fingerprint density at radius 3 is 2.78 bits per heavy atom. The molecule has 1 atom stereocenters. The number of fused-ring (bicyclic) bond motifs is 1. The summed E-state index contributed by atoms with van der Waals surface area (Å²) in [6.07, 6.45) is 5.20. The fourth-order valence-electron chi connectivity index (χ4n) is 4.93. The Morgan fingerprint density at radius 2 is 2.03 bits per heavy atom. The maximum absolute atomic E-state index is 12.4. The van der Waals surface area contributed by atoms with Gasteiger partial charge in [0.1, 0.15) is 18.2 Å². The molecule has 2 heterocycles. The molecule has 1 fully saturated rings. The third-order valence-corrected chi connectivity index (χ3v) is 7.27. The fourth-order valence-corrected chi connectivity index (χ4v) is 5.06. The van der Waals surface area contributed by atoms with Crippen molar-refractivity contribution >= 4 is 28.7 Å². The van der Waals surface area contributed by atoms with E-state index in [0.717, 1.165) is 61.4 Å². The lowest BCUT2D eigenvalue weighted by atomic mass is 9.90. The van der Waals surface area contributed by atoms with Crippen LogP contribution in [0.3, 0.4) is 0 Å². The number of hydrogen-bond donors (Lipinski definition) is 1. The molecule has 6 nitrogen and oxygen atoms in total. The smallest absolute Gasteiger partial charge is 0.409 e. The largest absolute Gasteiger partial charge is 0.486 e. The highest BCUT2D eigenvalue weighted by molar-refractivity contribution is 6.30. The Labute approximate surface area is 219 Å². The van der Waals surface area contributed by atoms with Gasteiger partial charge in [-0.2, -0.15) is 0 Å². The third kappa shape index (κ3) is 6.73. The number of aromatic nitrogens is 2. The van der Waals surface area contributed by atoms with Crippen LogP contribution in [0.4, 0.5) is 4.79 Å². The molecule has 1 aliphatic heterocycles. The predicted octanol–water partition coefficient (Wildman–Crippen LogP) is 7.24. The number of benzene rings is 2. The zero-order chi connectivity index (χ0) is 25.7.